The summed E-state index contributed by atoms with van der Waals surface area (Å²) in [5.41, 5.74) is 5.34. The maximum atomic E-state index is 13.5. The van der Waals surface area contributed by atoms with Gasteiger partial charge in [-0.3, -0.25) is 0 Å². The molecule has 8 heteroatoms. The van der Waals surface area contributed by atoms with Crippen LogP contribution in [0.25, 0.3) is 16.6 Å². The standard InChI is InChI=1S/C28H36N3O4P/c1-5-34-27(32)25-24(28(36)35-6-2)22(13-12-19(3)4)31-26(25)21(20-10-8-7-9-11-20)18-23(29-31)30-14-16-33-17-15-30/h7-11,18-19,36H,5-6,12-17H2,1-4H3. The number of benzene rings is 1. The smallest absolute Gasteiger partial charge is 0.341 e. The number of aryl methyl sites for hydroxylation is 1. The van der Waals surface area contributed by atoms with Crippen LogP contribution >= 0.6 is 8.86 Å². The third kappa shape index (κ3) is 5.49. The van der Waals surface area contributed by atoms with Crippen molar-refractivity contribution in [3.8, 4) is 11.1 Å². The van der Waals surface area contributed by atoms with E-state index >= 15 is 0 Å². The second-order valence-corrected chi connectivity index (χ2v) is 9.71. The average Bonchev–Trinajstić information content (AvgIpc) is 3.22. The van der Waals surface area contributed by atoms with E-state index in [1.165, 1.54) is 0 Å². The fourth-order valence-corrected chi connectivity index (χ4v) is 5.02. The summed E-state index contributed by atoms with van der Waals surface area (Å²) in [6.07, 6.45) is 1.68. The van der Waals surface area contributed by atoms with Crippen LogP contribution in [0.15, 0.2) is 36.4 Å². The van der Waals surface area contributed by atoms with Crippen LogP contribution in [0, 0.1) is 5.92 Å². The zero-order valence-corrected chi connectivity index (χ0v) is 22.7. The topological polar surface area (TPSA) is 65.3 Å². The molecule has 2 aromatic heterocycles. The van der Waals surface area contributed by atoms with Gasteiger partial charge in [-0.2, -0.15) is 0 Å². The first kappa shape index (κ1) is 26.3. The summed E-state index contributed by atoms with van der Waals surface area (Å²) in [7, 11) is 3.71. The molecule has 0 atom stereocenters. The second-order valence-electron chi connectivity index (χ2n) is 9.25. The Labute approximate surface area is 215 Å². The Morgan fingerprint density at radius 1 is 1.08 bits per heavy atom. The van der Waals surface area contributed by atoms with Crippen LogP contribution in [0.1, 0.15) is 55.7 Å². The summed E-state index contributed by atoms with van der Waals surface area (Å²) in [5, 5.41) is 5.12. The van der Waals surface area contributed by atoms with Gasteiger partial charge < -0.3 is 19.1 Å². The lowest BCUT2D eigenvalue weighted by molar-refractivity contribution is 0.0528. The van der Waals surface area contributed by atoms with Gasteiger partial charge in [0.05, 0.1) is 43.2 Å². The SMILES string of the molecule is CCOC(=O)c1c(C(=P)OCC)c(CCC(C)C)n2nc(N3CCOCC3)cc(-c3ccccc3)c12. The molecule has 192 valence electrons. The van der Waals surface area contributed by atoms with Crippen LogP contribution in [-0.4, -0.2) is 60.6 Å². The summed E-state index contributed by atoms with van der Waals surface area (Å²) in [6, 6.07) is 12.2. The monoisotopic (exact) mass is 509 g/mol. The maximum absolute atomic E-state index is 13.5. The molecule has 1 aliphatic rings. The predicted molar refractivity (Wildman–Crippen MR) is 147 cm³/mol. The van der Waals surface area contributed by atoms with E-state index in [0.29, 0.717) is 36.8 Å². The van der Waals surface area contributed by atoms with Crippen molar-refractivity contribution in [1.82, 2.24) is 9.61 Å². The van der Waals surface area contributed by atoms with Crippen molar-refractivity contribution < 1.29 is 19.0 Å². The molecule has 1 saturated heterocycles. The van der Waals surface area contributed by atoms with E-state index in [-0.39, 0.29) is 12.6 Å². The number of ether oxygens (including phenoxy) is 3. The molecule has 1 aliphatic heterocycles. The Morgan fingerprint density at radius 2 is 1.78 bits per heavy atom. The van der Waals surface area contributed by atoms with Crippen LogP contribution in [0.2, 0.25) is 0 Å². The summed E-state index contributed by atoms with van der Waals surface area (Å²) in [4.78, 5) is 15.8. The number of aromatic nitrogens is 2. The number of anilines is 1. The molecule has 7 nitrogen and oxygen atoms in total. The number of rotatable bonds is 10. The highest BCUT2D eigenvalue weighted by Crippen LogP contribution is 2.36. The Balaban J connectivity index is 2.09. The fourth-order valence-electron chi connectivity index (χ4n) is 4.60. The van der Waals surface area contributed by atoms with Crippen LogP contribution < -0.4 is 4.90 Å². The summed E-state index contributed by atoms with van der Waals surface area (Å²) >= 11 is 0. The molecule has 0 spiro atoms. The van der Waals surface area contributed by atoms with Crippen molar-refractivity contribution in [2.75, 3.05) is 44.4 Å². The van der Waals surface area contributed by atoms with Gasteiger partial charge in [0, 0.05) is 24.2 Å². The van der Waals surface area contributed by atoms with Gasteiger partial charge in [-0.1, -0.05) is 53.0 Å². The Hall–Kier alpha value is -2.73. The third-order valence-corrected chi connectivity index (χ3v) is 6.74. The highest BCUT2D eigenvalue weighted by atomic mass is 31.0. The van der Waals surface area contributed by atoms with Crippen molar-refractivity contribution in [3.63, 3.8) is 0 Å². The van der Waals surface area contributed by atoms with Crippen molar-refractivity contribution in [2.45, 2.75) is 40.5 Å². The minimum absolute atomic E-state index is 0.280. The van der Waals surface area contributed by atoms with Crippen molar-refractivity contribution >= 4 is 31.6 Å². The number of hydrogen-bond donors (Lipinski definition) is 0. The summed E-state index contributed by atoms with van der Waals surface area (Å²) in [6.45, 7) is 11.8. The van der Waals surface area contributed by atoms with E-state index in [1.54, 1.807) is 0 Å². The Kier molecular flexibility index (Phi) is 8.78. The number of carbonyl (C=O) groups excluding carboxylic acids is 1. The molecule has 0 aliphatic carbocycles. The number of nitrogens with zero attached hydrogens (tertiary/aromatic N) is 3. The third-order valence-electron chi connectivity index (χ3n) is 6.35. The first-order valence-electron chi connectivity index (χ1n) is 12.8. The van der Waals surface area contributed by atoms with Gasteiger partial charge in [-0.25, -0.2) is 9.31 Å². The summed E-state index contributed by atoms with van der Waals surface area (Å²) in [5.74, 6) is 0.962. The first-order valence-corrected chi connectivity index (χ1v) is 13.3. The number of carbonyl (C=O) groups is 1. The van der Waals surface area contributed by atoms with Gasteiger partial charge in [-0.05, 0) is 44.2 Å². The van der Waals surface area contributed by atoms with E-state index in [1.807, 2.05) is 36.6 Å². The largest absolute Gasteiger partial charge is 0.462 e. The molecule has 3 aromatic rings. The number of hydrogen-bond acceptors (Lipinski definition) is 6. The molecular formula is C28H36N3O4P. The molecule has 1 fully saturated rings. The van der Waals surface area contributed by atoms with Gasteiger partial charge in [0.25, 0.3) is 0 Å². The number of fused-ring (bicyclic) bond motifs is 1. The molecule has 0 amide bonds. The van der Waals surface area contributed by atoms with Gasteiger partial charge >= 0.3 is 5.97 Å². The van der Waals surface area contributed by atoms with Gasteiger partial charge in [0.15, 0.2) is 0 Å². The van der Waals surface area contributed by atoms with Crippen LogP contribution in [0.5, 0.6) is 0 Å². The molecule has 0 bridgehead atoms. The lowest BCUT2D eigenvalue weighted by Gasteiger charge is -2.28. The molecule has 3 heterocycles. The zero-order valence-electron chi connectivity index (χ0n) is 21.7. The van der Waals surface area contributed by atoms with E-state index in [0.717, 1.165) is 59.7 Å². The second kappa shape index (κ2) is 12.0. The highest BCUT2D eigenvalue weighted by Gasteiger charge is 2.31. The van der Waals surface area contributed by atoms with Crippen LogP contribution in [-0.2, 0) is 20.6 Å². The molecule has 1 aromatic carbocycles. The summed E-state index contributed by atoms with van der Waals surface area (Å²) < 4.78 is 19.0. The molecule has 0 saturated carbocycles. The minimum Gasteiger partial charge on any atom is -0.462 e. The lowest BCUT2D eigenvalue weighted by atomic mass is 10.0. The molecule has 36 heavy (non-hydrogen) atoms. The fraction of sp³-hybridized carbons (Fsp3) is 0.464. The normalized spacial score (nSPS) is 14.0. The van der Waals surface area contributed by atoms with Crippen LogP contribution in [0.4, 0.5) is 5.82 Å². The van der Waals surface area contributed by atoms with Gasteiger partial charge in [0.2, 0.25) is 0 Å². The molecule has 0 unspecified atom stereocenters. The zero-order chi connectivity index (χ0) is 25.7. The van der Waals surface area contributed by atoms with E-state index < -0.39 is 0 Å². The molecule has 0 N–H and O–H groups in total. The van der Waals surface area contributed by atoms with Crippen molar-refractivity contribution in [1.29, 1.82) is 0 Å². The lowest BCUT2D eigenvalue weighted by Crippen LogP contribution is -2.37. The van der Waals surface area contributed by atoms with E-state index in [2.05, 4.69) is 45.8 Å². The average molecular weight is 510 g/mol. The van der Waals surface area contributed by atoms with Crippen LogP contribution in [0.3, 0.4) is 0 Å². The Morgan fingerprint density at radius 3 is 2.42 bits per heavy atom. The molecule has 0 radical (unpaired) electrons. The quantitative estimate of drug-likeness (QED) is 0.274. The van der Waals surface area contributed by atoms with Crippen molar-refractivity contribution in [2.24, 2.45) is 5.92 Å². The highest BCUT2D eigenvalue weighted by molar-refractivity contribution is 7.21. The van der Waals surface area contributed by atoms with Crippen molar-refractivity contribution in [3.05, 3.63) is 53.2 Å². The predicted octanol–water partition coefficient (Wildman–Crippen LogP) is 5.26. The molecular weight excluding hydrogens is 473 g/mol. The minimum atomic E-state index is -0.380. The van der Waals surface area contributed by atoms with Gasteiger partial charge in [0.1, 0.15) is 11.3 Å². The number of morpholine rings is 1. The number of esters is 1. The molecule has 4 rings (SSSR count). The Bertz CT molecular complexity index is 1220. The first-order chi connectivity index (χ1) is 17.5. The van der Waals surface area contributed by atoms with E-state index in [4.69, 9.17) is 19.3 Å². The van der Waals surface area contributed by atoms with Gasteiger partial charge in [-0.15, -0.1) is 5.10 Å². The van der Waals surface area contributed by atoms with E-state index in [9.17, 15) is 4.79 Å². The maximum Gasteiger partial charge on any atom is 0.341 e.